The van der Waals surface area contributed by atoms with Gasteiger partial charge in [0, 0.05) is 7.05 Å². The zero-order valence-corrected chi connectivity index (χ0v) is 8.04. The van der Waals surface area contributed by atoms with E-state index in [4.69, 9.17) is 9.79 Å². The van der Waals surface area contributed by atoms with Crippen LogP contribution in [0.25, 0.3) is 0 Å². The molecule has 0 aliphatic carbocycles. The highest BCUT2D eigenvalue weighted by Crippen LogP contribution is 2.43. The highest BCUT2D eigenvalue weighted by atomic mass is 31.2. The highest BCUT2D eigenvalue weighted by molar-refractivity contribution is 7.53. The fourth-order valence-corrected chi connectivity index (χ4v) is 1.92. The van der Waals surface area contributed by atoms with E-state index in [1.165, 1.54) is 7.05 Å². The quantitative estimate of drug-likeness (QED) is 0.554. The lowest BCUT2D eigenvalue weighted by atomic mass is 10.2. The summed E-state index contributed by atoms with van der Waals surface area (Å²) in [7, 11) is -2.92. The second kappa shape index (κ2) is 4.60. The second-order valence-corrected chi connectivity index (χ2v) is 4.31. The fourth-order valence-electron chi connectivity index (χ4n) is 0.892. The van der Waals surface area contributed by atoms with Crippen LogP contribution >= 0.6 is 7.60 Å². The monoisotopic (exact) mass is 195 g/mol. The third-order valence-electron chi connectivity index (χ3n) is 1.52. The molecule has 0 saturated heterocycles. The normalized spacial score (nSPS) is 14.0. The van der Waals surface area contributed by atoms with E-state index in [0.717, 1.165) is 0 Å². The Labute approximate surface area is 71.3 Å². The molecule has 72 valence electrons. The summed E-state index contributed by atoms with van der Waals surface area (Å²) in [6, 6.07) is 0. The molecule has 0 aromatic rings. The Kier molecular flexibility index (Phi) is 4.45. The predicted octanol–water partition coefficient (Wildman–Crippen LogP) is 0.0788. The molecular weight excluding hydrogens is 181 g/mol. The summed E-state index contributed by atoms with van der Waals surface area (Å²) < 4.78 is 10.8. The van der Waals surface area contributed by atoms with Gasteiger partial charge in [0.05, 0.1) is 0 Å². The van der Waals surface area contributed by atoms with Gasteiger partial charge in [0.2, 0.25) is 5.91 Å². The topological polar surface area (TPSA) is 86.6 Å². The molecule has 0 bridgehead atoms. The Balaban J connectivity index is 4.44. The summed E-state index contributed by atoms with van der Waals surface area (Å²) in [5.41, 5.74) is -1.19. The van der Waals surface area contributed by atoms with Crippen LogP contribution in [0.5, 0.6) is 0 Å². The van der Waals surface area contributed by atoms with Crippen LogP contribution in [0, 0.1) is 0 Å². The molecule has 0 spiro atoms. The first kappa shape index (κ1) is 11.6. The van der Waals surface area contributed by atoms with Gasteiger partial charge in [0.25, 0.3) is 0 Å². The van der Waals surface area contributed by atoms with Gasteiger partial charge >= 0.3 is 7.60 Å². The molecule has 0 aliphatic heterocycles. The average molecular weight is 195 g/mol. The molecule has 6 heteroatoms. The Morgan fingerprint density at radius 2 is 2.08 bits per heavy atom. The van der Waals surface area contributed by atoms with Crippen LogP contribution in [0.1, 0.15) is 19.8 Å². The lowest BCUT2D eigenvalue weighted by Crippen LogP contribution is -2.31. The minimum atomic E-state index is -4.28. The molecule has 0 aromatic carbocycles. The van der Waals surface area contributed by atoms with Crippen molar-refractivity contribution in [1.29, 1.82) is 0 Å². The number of hydrogen-bond acceptors (Lipinski definition) is 2. The Morgan fingerprint density at radius 1 is 1.58 bits per heavy atom. The van der Waals surface area contributed by atoms with Crippen molar-refractivity contribution < 1.29 is 19.1 Å². The maximum absolute atomic E-state index is 10.9. The molecule has 0 radical (unpaired) electrons. The molecule has 0 aliphatic rings. The first-order valence-electron chi connectivity index (χ1n) is 3.70. The maximum Gasteiger partial charge on any atom is 0.337 e. The molecular formula is C6H14NO4P. The largest absolute Gasteiger partial charge is 0.358 e. The molecule has 1 unspecified atom stereocenters. The van der Waals surface area contributed by atoms with Gasteiger partial charge in [-0.25, -0.2) is 0 Å². The number of rotatable bonds is 4. The van der Waals surface area contributed by atoms with Crippen LogP contribution in [0.15, 0.2) is 0 Å². The Hall–Kier alpha value is -0.380. The lowest BCUT2D eigenvalue weighted by Gasteiger charge is -2.15. The van der Waals surface area contributed by atoms with Gasteiger partial charge in [-0.1, -0.05) is 13.3 Å². The maximum atomic E-state index is 10.9. The third-order valence-corrected chi connectivity index (χ3v) is 2.82. The van der Waals surface area contributed by atoms with Crippen molar-refractivity contribution in [2.24, 2.45) is 0 Å². The molecule has 0 rings (SSSR count). The van der Waals surface area contributed by atoms with Crippen LogP contribution in [-0.2, 0) is 9.36 Å². The summed E-state index contributed by atoms with van der Waals surface area (Å²) in [5.74, 6) is -0.592. The Bertz CT molecular complexity index is 200. The van der Waals surface area contributed by atoms with E-state index in [1.807, 2.05) is 0 Å². The molecule has 1 atom stereocenters. The molecule has 0 fully saturated rings. The van der Waals surface area contributed by atoms with Crippen molar-refractivity contribution in [1.82, 2.24) is 5.32 Å². The van der Waals surface area contributed by atoms with E-state index in [2.05, 4.69) is 5.32 Å². The predicted molar refractivity (Wildman–Crippen MR) is 44.8 cm³/mol. The van der Waals surface area contributed by atoms with E-state index in [1.54, 1.807) is 6.92 Å². The van der Waals surface area contributed by atoms with Crippen LogP contribution in [0.3, 0.4) is 0 Å². The van der Waals surface area contributed by atoms with Gasteiger partial charge in [-0.15, -0.1) is 0 Å². The van der Waals surface area contributed by atoms with Crippen molar-refractivity contribution in [3.05, 3.63) is 0 Å². The molecule has 0 heterocycles. The standard InChI is InChI=1S/C6H14NO4P/c1-3-4-5(6(8)7-2)12(9,10)11/h5H,3-4H2,1-2H3,(H,7,8)(H2,9,10,11). The van der Waals surface area contributed by atoms with Gasteiger partial charge in [-0.3, -0.25) is 9.36 Å². The minimum Gasteiger partial charge on any atom is -0.358 e. The van der Waals surface area contributed by atoms with Crippen molar-refractivity contribution >= 4 is 13.5 Å². The first-order chi connectivity index (χ1) is 5.43. The fraction of sp³-hybridized carbons (Fsp3) is 0.833. The third kappa shape index (κ3) is 3.34. The zero-order valence-electron chi connectivity index (χ0n) is 7.15. The number of nitrogens with one attached hydrogen (secondary N) is 1. The van der Waals surface area contributed by atoms with Crippen LogP contribution < -0.4 is 5.32 Å². The van der Waals surface area contributed by atoms with E-state index in [9.17, 15) is 9.36 Å². The summed E-state index contributed by atoms with van der Waals surface area (Å²) >= 11 is 0. The number of amides is 1. The summed E-state index contributed by atoms with van der Waals surface area (Å²) in [5, 5.41) is 2.23. The molecule has 5 nitrogen and oxygen atoms in total. The lowest BCUT2D eigenvalue weighted by molar-refractivity contribution is -0.120. The SMILES string of the molecule is CCCC(C(=O)NC)P(=O)(O)O. The summed E-state index contributed by atoms with van der Waals surface area (Å²) in [6.45, 7) is 1.77. The Morgan fingerprint density at radius 3 is 2.33 bits per heavy atom. The van der Waals surface area contributed by atoms with Crippen LogP contribution in [0.4, 0.5) is 0 Å². The second-order valence-electron chi connectivity index (χ2n) is 2.51. The zero-order chi connectivity index (χ0) is 9.78. The van der Waals surface area contributed by atoms with Crippen LogP contribution in [0.2, 0.25) is 0 Å². The number of carbonyl (C=O) groups is 1. The van der Waals surface area contributed by atoms with Gasteiger partial charge < -0.3 is 15.1 Å². The van der Waals surface area contributed by atoms with Crippen molar-refractivity contribution in [2.45, 2.75) is 25.4 Å². The first-order valence-corrected chi connectivity index (χ1v) is 5.38. The van der Waals surface area contributed by atoms with Gasteiger partial charge in [-0.05, 0) is 6.42 Å². The number of hydrogen-bond donors (Lipinski definition) is 3. The van der Waals surface area contributed by atoms with Crippen molar-refractivity contribution in [3.63, 3.8) is 0 Å². The number of carbonyl (C=O) groups excluding carboxylic acids is 1. The smallest absolute Gasteiger partial charge is 0.337 e. The molecule has 3 N–H and O–H groups in total. The average Bonchev–Trinajstić information content (AvgIpc) is 1.96. The minimum absolute atomic E-state index is 0.212. The van der Waals surface area contributed by atoms with Crippen molar-refractivity contribution in [2.75, 3.05) is 7.05 Å². The summed E-state index contributed by atoms with van der Waals surface area (Å²) in [6.07, 6.45) is 0.785. The van der Waals surface area contributed by atoms with E-state index in [0.29, 0.717) is 6.42 Å². The van der Waals surface area contributed by atoms with Crippen molar-refractivity contribution in [3.8, 4) is 0 Å². The van der Waals surface area contributed by atoms with E-state index < -0.39 is 19.2 Å². The highest BCUT2D eigenvalue weighted by Gasteiger charge is 2.33. The van der Waals surface area contributed by atoms with E-state index >= 15 is 0 Å². The van der Waals surface area contributed by atoms with Gasteiger partial charge in [0.15, 0.2) is 0 Å². The van der Waals surface area contributed by atoms with Crippen LogP contribution in [-0.4, -0.2) is 28.4 Å². The molecule has 12 heavy (non-hydrogen) atoms. The van der Waals surface area contributed by atoms with Gasteiger partial charge in [0.1, 0.15) is 5.66 Å². The van der Waals surface area contributed by atoms with Gasteiger partial charge in [-0.2, -0.15) is 0 Å². The molecule has 0 saturated carbocycles. The molecule has 1 amide bonds. The molecule has 0 aromatic heterocycles. The summed E-state index contributed by atoms with van der Waals surface area (Å²) in [4.78, 5) is 28.5. The van der Waals surface area contributed by atoms with E-state index in [-0.39, 0.29) is 6.42 Å².